The van der Waals surface area contributed by atoms with Crippen LogP contribution in [0.3, 0.4) is 0 Å². The number of nitrogens with zero attached hydrogens (tertiary/aromatic N) is 4. The Balaban J connectivity index is 1.73. The van der Waals surface area contributed by atoms with Crippen LogP contribution in [0.1, 0.15) is 36.7 Å². The summed E-state index contributed by atoms with van der Waals surface area (Å²) in [5, 5.41) is 3.23. The summed E-state index contributed by atoms with van der Waals surface area (Å²) in [6.07, 6.45) is 2.36. The number of fused-ring (bicyclic) bond motifs is 2. The van der Waals surface area contributed by atoms with Gasteiger partial charge in [0.1, 0.15) is 11.4 Å². The average molecular weight is 507 g/mol. The van der Waals surface area contributed by atoms with Gasteiger partial charge in [0.25, 0.3) is 5.91 Å². The number of anilines is 4. The summed E-state index contributed by atoms with van der Waals surface area (Å²) < 4.78 is 5.44. The molecule has 0 saturated carbocycles. The second kappa shape index (κ2) is 7.43. The van der Waals surface area contributed by atoms with Crippen molar-refractivity contribution in [2.24, 2.45) is 0 Å². The minimum Gasteiger partial charge on any atom is -0.491 e. The van der Waals surface area contributed by atoms with Crippen LogP contribution in [0.2, 0.25) is 0 Å². The average Bonchev–Trinajstić information content (AvgIpc) is 3.16. The number of halogens is 1. The molecule has 2 aliphatic rings. The Bertz CT molecular complexity index is 1010. The number of hydrogen-bond acceptors (Lipinski definition) is 7. The normalized spacial score (nSPS) is 17.9. The molecule has 0 bridgehead atoms. The van der Waals surface area contributed by atoms with E-state index in [2.05, 4.69) is 32.9 Å². The van der Waals surface area contributed by atoms with E-state index in [-0.39, 0.29) is 21.8 Å². The number of Topliss-reactive ketones (excluding diaryl/α,β-unsaturated/α-hetero) is 1. The molecule has 4 rings (SSSR count). The first-order chi connectivity index (χ1) is 13.8. The van der Waals surface area contributed by atoms with Crippen LogP contribution in [0, 0.1) is 0 Å². The van der Waals surface area contributed by atoms with Crippen molar-refractivity contribution in [2.45, 2.75) is 37.3 Å². The molecule has 1 atom stereocenters. The molecule has 2 aliphatic heterocycles. The van der Waals surface area contributed by atoms with Crippen LogP contribution in [-0.4, -0.2) is 45.4 Å². The number of rotatable bonds is 4. The van der Waals surface area contributed by atoms with E-state index in [1.165, 1.54) is 0 Å². The fraction of sp³-hybridized carbons (Fsp3) is 0.400. The van der Waals surface area contributed by atoms with E-state index in [4.69, 9.17) is 9.72 Å². The number of alkyl halides is 1. The second-order valence-electron chi connectivity index (χ2n) is 7.38. The monoisotopic (exact) mass is 507 g/mol. The topological polar surface area (TPSA) is 87.7 Å². The second-order valence-corrected chi connectivity index (χ2v) is 8.56. The van der Waals surface area contributed by atoms with E-state index in [0.29, 0.717) is 41.8 Å². The Kier molecular flexibility index (Phi) is 5.09. The largest absolute Gasteiger partial charge is 0.491 e. The van der Waals surface area contributed by atoms with Gasteiger partial charge < -0.3 is 19.9 Å². The van der Waals surface area contributed by atoms with Gasteiger partial charge in [-0.25, -0.2) is 4.98 Å². The number of benzene rings is 1. The first kappa shape index (κ1) is 19.9. The molecule has 2 aromatic rings. The molecule has 1 N–H and O–H groups in total. The summed E-state index contributed by atoms with van der Waals surface area (Å²) >= 11 is 2.14. The quantitative estimate of drug-likeness (QED) is 0.294. The van der Waals surface area contributed by atoms with E-state index in [9.17, 15) is 9.59 Å². The molecular weight excluding hydrogens is 485 g/mol. The molecule has 152 valence electrons. The van der Waals surface area contributed by atoms with Crippen molar-refractivity contribution >= 4 is 57.4 Å². The zero-order valence-electron chi connectivity index (χ0n) is 16.7. The molecule has 8 nitrogen and oxygen atoms in total. The molecular formula is C20H22IN5O3. The number of likely N-dealkylation sites (N-methyl/N-ethyl adjacent to an activating group) is 1. The van der Waals surface area contributed by atoms with Crippen molar-refractivity contribution in [3.63, 3.8) is 0 Å². The van der Waals surface area contributed by atoms with Crippen LogP contribution < -0.4 is 19.9 Å². The molecule has 0 unspecified atom stereocenters. The van der Waals surface area contributed by atoms with Gasteiger partial charge in [0.2, 0.25) is 5.95 Å². The van der Waals surface area contributed by atoms with Crippen molar-refractivity contribution in [1.29, 1.82) is 0 Å². The zero-order valence-corrected chi connectivity index (χ0v) is 18.9. The zero-order chi connectivity index (χ0) is 20.9. The first-order valence-corrected chi connectivity index (χ1v) is 10.7. The van der Waals surface area contributed by atoms with E-state index in [1.54, 1.807) is 25.1 Å². The number of carbonyl (C=O) groups excluding carboxylic acids is 2. The number of nitrogens with one attached hydrogen (secondary N) is 1. The number of aromatic nitrogens is 2. The minimum absolute atomic E-state index is 0.00199. The maximum absolute atomic E-state index is 12.6. The van der Waals surface area contributed by atoms with Crippen molar-refractivity contribution in [3.8, 4) is 5.75 Å². The molecule has 1 aromatic carbocycles. The molecule has 1 amide bonds. The molecule has 9 heteroatoms. The highest BCUT2D eigenvalue weighted by Gasteiger charge is 2.37. The fourth-order valence-corrected chi connectivity index (χ4v) is 5.03. The van der Waals surface area contributed by atoms with Crippen molar-refractivity contribution in [1.82, 2.24) is 9.97 Å². The Morgan fingerprint density at radius 1 is 1.38 bits per heavy atom. The summed E-state index contributed by atoms with van der Waals surface area (Å²) in [4.78, 5) is 37.1. The van der Waals surface area contributed by atoms with Gasteiger partial charge in [-0.1, -0.05) is 0 Å². The van der Waals surface area contributed by atoms with Crippen molar-refractivity contribution in [3.05, 3.63) is 29.5 Å². The molecule has 29 heavy (non-hydrogen) atoms. The molecule has 0 saturated heterocycles. The number of ether oxygens (including phenoxy) is 1. The summed E-state index contributed by atoms with van der Waals surface area (Å²) in [7, 11) is 1.74. The van der Waals surface area contributed by atoms with Gasteiger partial charge in [0.05, 0.1) is 18.5 Å². The van der Waals surface area contributed by atoms with E-state index in [0.717, 1.165) is 11.3 Å². The molecule has 1 aromatic heterocycles. The van der Waals surface area contributed by atoms with E-state index in [1.807, 2.05) is 30.9 Å². The van der Waals surface area contributed by atoms with Crippen LogP contribution in [0.25, 0.3) is 0 Å². The third-order valence-corrected chi connectivity index (χ3v) is 6.31. The van der Waals surface area contributed by atoms with Crippen molar-refractivity contribution < 1.29 is 14.3 Å². The molecule has 0 fully saturated rings. The highest BCUT2D eigenvalue weighted by molar-refractivity contribution is 14.1. The summed E-state index contributed by atoms with van der Waals surface area (Å²) in [5.41, 5.74) is 3.01. The molecule has 0 spiro atoms. The number of ketones is 1. The van der Waals surface area contributed by atoms with Crippen LogP contribution in [0.5, 0.6) is 5.75 Å². The highest BCUT2D eigenvalue weighted by atomic mass is 127. The van der Waals surface area contributed by atoms with Gasteiger partial charge in [-0.2, -0.15) is 4.98 Å². The van der Waals surface area contributed by atoms with E-state index < -0.39 is 0 Å². The van der Waals surface area contributed by atoms with Crippen LogP contribution >= 0.6 is 22.6 Å². The lowest BCUT2D eigenvalue weighted by Gasteiger charge is -2.40. The predicted octanol–water partition coefficient (Wildman–Crippen LogP) is 3.31. The number of carbonyl (C=O) groups is 2. The van der Waals surface area contributed by atoms with Crippen molar-refractivity contribution in [2.75, 3.05) is 28.8 Å². The number of amides is 1. The number of hydrogen-bond donors (Lipinski definition) is 1. The smallest absolute Gasteiger partial charge is 0.259 e. The molecule has 0 aliphatic carbocycles. The predicted molar refractivity (Wildman–Crippen MR) is 120 cm³/mol. The summed E-state index contributed by atoms with van der Waals surface area (Å²) in [6.45, 7) is 6.17. The summed E-state index contributed by atoms with van der Waals surface area (Å²) in [6, 6.07) is 3.73. The molecule has 0 radical (unpaired) electrons. The highest BCUT2D eigenvalue weighted by Crippen LogP contribution is 2.40. The SMILES string of the molecule is CC(=O)c1ccc(Nc2ncc3c(n2)N(C(C)C)[C@@H](I)C(=O)N3C)c2c1CCO2. The lowest BCUT2D eigenvalue weighted by Crippen LogP contribution is -2.52. The fourth-order valence-electron chi connectivity index (χ4n) is 3.71. The Morgan fingerprint density at radius 2 is 2.14 bits per heavy atom. The lowest BCUT2D eigenvalue weighted by atomic mass is 10.0. The van der Waals surface area contributed by atoms with Crippen LogP contribution in [0.15, 0.2) is 18.3 Å². The molecule has 3 heterocycles. The maximum atomic E-state index is 12.6. The lowest BCUT2D eigenvalue weighted by molar-refractivity contribution is -0.117. The van der Waals surface area contributed by atoms with Gasteiger partial charge in [0, 0.05) is 30.6 Å². The Hall–Kier alpha value is -2.43. The van der Waals surface area contributed by atoms with Gasteiger partial charge >= 0.3 is 0 Å². The third kappa shape index (κ3) is 3.30. The van der Waals surface area contributed by atoms with E-state index >= 15 is 0 Å². The summed E-state index contributed by atoms with van der Waals surface area (Å²) in [5.74, 6) is 1.82. The standard InChI is InChI=1S/C20H22IN5O3/c1-10(2)26-17(21)19(28)25(4)15-9-22-20(24-18(15)26)23-14-6-5-12(11(3)27)13-7-8-29-16(13)14/h5-6,9-10,17H,7-8H2,1-4H3,(H,22,23,24)/t17-/m1/s1. The first-order valence-electron chi connectivity index (χ1n) is 9.43. The van der Waals surface area contributed by atoms with Crippen LogP contribution in [-0.2, 0) is 11.2 Å². The Morgan fingerprint density at radius 3 is 2.83 bits per heavy atom. The Labute approximate surface area is 182 Å². The van der Waals surface area contributed by atoms with Crippen LogP contribution in [0.4, 0.5) is 23.1 Å². The van der Waals surface area contributed by atoms with Gasteiger partial charge in [0.15, 0.2) is 15.6 Å². The third-order valence-electron chi connectivity index (χ3n) is 5.18. The minimum atomic E-state index is -0.338. The van der Waals surface area contributed by atoms with Gasteiger partial charge in [-0.15, -0.1) is 0 Å². The van der Waals surface area contributed by atoms with Gasteiger partial charge in [-0.3, -0.25) is 9.59 Å². The van der Waals surface area contributed by atoms with Gasteiger partial charge in [-0.05, 0) is 55.5 Å². The maximum Gasteiger partial charge on any atom is 0.259 e.